The molecule has 0 fully saturated rings. The molecule has 0 spiro atoms. The van der Waals surface area contributed by atoms with Crippen molar-refractivity contribution in [2.45, 2.75) is 19.3 Å². The molecule has 8 aromatic rings. The van der Waals surface area contributed by atoms with Crippen LogP contribution in [0.15, 0.2) is 146 Å². The summed E-state index contributed by atoms with van der Waals surface area (Å²) in [6.07, 6.45) is 5.41. The molecule has 0 aliphatic heterocycles. The first-order chi connectivity index (χ1) is 22.1. The average molecular weight is 575 g/mol. The van der Waals surface area contributed by atoms with E-state index in [0.29, 0.717) is 0 Å². The van der Waals surface area contributed by atoms with Crippen LogP contribution in [0.5, 0.6) is 0 Å². The van der Waals surface area contributed by atoms with Gasteiger partial charge >= 0.3 is 0 Å². The molecule has 1 aliphatic carbocycles. The van der Waals surface area contributed by atoms with Crippen molar-refractivity contribution >= 4 is 32.3 Å². The second-order valence-corrected chi connectivity index (χ2v) is 12.6. The normalized spacial score (nSPS) is 13.3. The highest BCUT2D eigenvalue weighted by molar-refractivity contribution is 6.22. The molecule has 0 saturated heterocycles. The maximum absolute atomic E-state index is 4.80. The van der Waals surface area contributed by atoms with E-state index in [-0.39, 0.29) is 5.41 Å². The van der Waals surface area contributed by atoms with E-state index in [0.717, 1.165) is 11.3 Å². The van der Waals surface area contributed by atoms with Gasteiger partial charge in [0.1, 0.15) is 0 Å². The van der Waals surface area contributed by atoms with Gasteiger partial charge in [0.15, 0.2) is 0 Å². The summed E-state index contributed by atoms with van der Waals surface area (Å²) >= 11 is 0. The van der Waals surface area contributed by atoms with Gasteiger partial charge in [-0.25, -0.2) is 0 Å². The average Bonchev–Trinajstić information content (AvgIpc) is 3.32. The quantitative estimate of drug-likeness (QED) is 0.196. The second-order valence-electron chi connectivity index (χ2n) is 12.6. The lowest BCUT2D eigenvalue weighted by molar-refractivity contribution is 0.660. The predicted molar refractivity (Wildman–Crippen MR) is 188 cm³/mol. The highest BCUT2D eigenvalue weighted by Gasteiger charge is 2.35. The summed E-state index contributed by atoms with van der Waals surface area (Å²) in [6.45, 7) is 4.68. The van der Waals surface area contributed by atoms with Gasteiger partial charge in [0.2, 0.25) is 0 Å². The number of nitrogens with zero attached hydrogens (tertiary/aromatic N) is 2. The lowest BCUT2D eigenvalue weighted by Crippen LogP contribution is -2.14. The van der Waals surface area contributed by atoms with Crippen LogP contribution in [0.1, 0.15) is 25.0 Å². The van der Waals surface area contributed by atoms with Gasteiger partial charge in [-0.05, 0) is 89.0 Å². The van der Waals surface area contributed by atoms with Gasteiger partial charge in [-0.3, -0.25) is 9.97 Å². The third-order valence-corrected chi connectivity index (χ3v) is 9.82. The number of aromatic nitrogens is 2. The number of benzene rings is 7. The molecular weight excluding hydrogens is 544 g/mol. The van der Waals surface area contributed by atoms with E-state index in [1.165, 1.54) is 76.8 Å². The van der Waals surface area contributed by atoms with Crippen LogP contribution >= 0.6 is 0 Å². The van der Waals surface area contributed by atoms with Crippen LogP contribution in [0, 0.1) is 0 Å². The second kappa shape index (κ2) is 9.70. The Balaban J connectivity index is 1.40. The standard InChI is InChI=1S/C43H30N2/c1-43(2)38-17-8-7-13-32(38)36-25-29(19-21-39(36)43)41-33-14-5-6-15-34(33)42(40-26-44-22-23-45-40)35-20-18-28(24-37(35)41)31-16-9-11-27-10-3-4-12-30(27)31/h3-26H,1-2H3. The van der Waals surface area contributed by atoms with E-state index >= 15 is 0 Å². The molecule has 2 heteroatoms. The van der Waals surface area contributed by atoms with Crippen LogP contribution in [0.4, 0.5) is 0 Å². The maximum Gasteiger partial charge on any atom is 0.0897 e. The predicted octanol–water partition coefficient (Wildman–Crippen LogP) is 11.2. The largest absolute Gasteiger partial charge is 0.261 e. The molecule has 7 aromatic carbocycles. The third-order valence-electron chi connectivity index (χ3n) is 9.82. The Morgan fingerprint density at radius 1 is 0.467 bits per heavy atom. The van der Waals surface area contributed by atoms with E-state index < -0.39 is 0 Å². The molecule has 0 amide bonds. The van der Waals surface area contributed by atoms with Gasteiger partial charge in [-0.1, -0.05) is 129 Å². The van der Waals surface area contributed by atoms with E-state index in [1.54, 1.807) is 12.4 Å². The highest BCUT2D eigenvalue weighted by atomic mass is 14.8. The fraction of sp³-hybridized carbons (Fsp3) is 0.0698. The highest BCUT2D eigenvalue weighted by Crippen LogP contribution is 2.51. The number of rotatable bonds is 3. The summed E-state index contributed by atoms with van der Waals surface area (Å²) in [7, 11) is 0. The Morgan fingerprint density at radius 2 is 1.13 bits per heavy atom. The third kappa shape index (κ3) is 3.82. The summed E-state index contributed by atoms with van der Waals surface area (Å²) in [6, 6.07) is 47.0. The molecular formula is C43H30N2. The molecule has 0 N–H and O–H groups in total. The first-order valence-electron chi connectivity index (χ1n) is 15.6. The van der Waals surface area contributed by atoms with Crippen molar-refractivity contribution in [2.24, 2.45) is 0 Å². The number of hydrogen-bond donors (Lipinski definition) is 0. The van der Waals surface area contributed by atoms with Crippen LogP contribution in [0.3, 0.4) is 0 Å². The van der Waals surface area contributed by atoms with Crippen LogP contribution in [0.2, 0.25) is 0 Å². The van der Waals surface area contributed by atoms with Gasteiger partial charge in [0.05, 0.1) is 11.9 Å². The van der Waals surface area contributed by atoms with Crippen molar-refractivity contribution < 1.29 is 0 Å². The first-order valence-corrected chi connectivity index (χ1v) is 15.6. The Kier molecular flexibility index (Phi) is 5.58. The molecule has 45 heavy (non-hydrogen) atoms. The minimum absolute atomic E-state index is 0.0357. The Bertz CT molecular complexity index is 2450. The van der Waals surface area contributed by atoms with Gasteiger partial charge in [0, 0.05) is 23.4 Å². The molecule has 1 heterocycles. The van der Waals surface area contributed by atoms with E-state index in [2.05, 4.69) is 146 Å². The molecule has 0 saturated carbocycles. The topological polar surface area (TPSA) is 25.8 Å². The molecule has 2 nitrogen and oxygen atoms in total. The van der Waals surface area contributed by atoms with Crippen molar-refractivity contribution in [3.8, 4) is 44.6 Å². The number of fused-ring (bicyclic) bond motifs is 6. The van der Waals surface area contributed by atoms with Crippen molar-refractivity contribution in [2.75, 3.05) is 0 Å². The Labute approximate surface area is 262 Å². The Hall–Kier alpha value is -5.60. The van der Waals surface area contributed by atoms with Gasteiger partial charge in [0.25, 0.3) is 0 Å². The SMILES string of the molecule is CC1(C)c2ccccc2-c2cc(-c3c4ccccc4c(-c4cnccn4)c4ccc(-c5cccc6ccccc56)cc34)ccc21. The summed E-state index contributed by atoms with van der Waals surface area (Å²) in [5.41, 5.74) is 12.3. The fourth-order valence-electron chi connectivity index (χ4n) is 7.71. The van der Waals surface area contributed by atoms with E-state index in [4.69, 9.17) is 4.98 Å². The zero-order chi connectivity index (χ0) is 30.1. The van der Waals surface area contributed by atoms with Crippen LogP contribution in [0.25, 0.3) is 77.0 Å². The zero-order valence-electron chi connectivity index (χ0n) is 25.3. The molecule has 1 aromatic heterocycles. The lowest BCUT2D eigenvalue weighted by atomic mass is 9.81. The molecule has 9 rings (SSSR count). The van der Waals surface area contributed by atoms with E-state index in [9.17, 15) is 0 Å². The van der Waals surface area contributed by atoms with Crippen LogP contribution in [-0.4, -0.2) is 9.97 Å². The zero-order valence-corrected chi connectivity index (χ0v) is 25.3. The fourth-order valence-corrected chi connectivity index (χ4v) is 7.71. The smallest absolute Gasteiger partial charge is 0.0897 e. The molecule has 0 radical (unpaired) electrons. The summed E-state index contributed by atoms with van der Waals surface area (Å²) in [4.78, 5) is 9.27. The van der Waals surface area contributed by atoms with Crippen LogP contribution < -0.4 is 0 Å². The first kappa shape index (κ1) is 25.9. The molecule has 0 bridgehead atoms. The van der Waals surface area contributed by atoms with Gasteiger partial charge in [-0.2, -0.15) is 0 Å². The summed E-state index contributed by atoms with van der Waals surface area (Å²) in [5.74, 6) is 0. The van der Waals surface area contributed by atoms with Gasteiger partial charge in [-0.15, -0.1) is 0 Å². The number of hydrogen-bond acceptors (Lipinski definition) is 2. The van der Waals surface area contributed by atoms with Gasteiger partial charge < -0.3 is 0 Å². The van der Waals surface area contributed by atoms with E-state index in [1.807, 2.05) is 6.20 Å². The molecule has 212 valence electrons. The Morgan fingerprint density at radius 3 is 1.98 bits per heavy atom. The van der Waals surface area contributed by atoms with Crippen molar-refractivity contribution in [3.05, 3.63) is 157 Å². The molecule has 0 unspecified atom stereocenters. The molecule has 0 atom stereocenters. The minimum atomic E-state index is -0.0357. The minimum Gasteiger partial charge on any atom is -0.261 e. The van der Waals surface area contributed by atoms with Crippen molar-refractivity contribution in [1.29, 1.82) is 0 Å². The molecule has 1 aliphatic rings. The summed E-state index contributed by atoms with van der Waals surface area (Å²) < 4.78 is 0. The lowest BCUT2D eigenvalue weighted by Gasteiger charge is -2.22. The van der Waals surface area contributed by atoms with Crippen molar-refractivity contribution in [3.63, 3.8) is 0 Å². The monoisotopic (exact) mass is 574 g/mol. The maximum atomic E-state index is 4.80. The summed E-state index contributed by atoms with van der Waals surface area (Å²) in [5, 5.41) is 7.28. The van der Waals surface area contributed by atoms with Crippen molar-refractivity contribution in [1.82, 2.24) is 9.97 Å². The van der Waals surface area contributed by atoms with Crippen LogP contribution in [-0.2, 0) is 5.41 Å².